The maximum Gasteiger partial charge on any atom is 0.191 e. The van der Waals surface area contributed by atoms with Crippen LogP contribution in [0.15, 0.2) is 4.99 Å². The summed E-state index contributed by atoms with van der Waals surface area (Å²) >= 11 is 0. The standard InChI is InChI=1S/C21H39N7/c1-18-25-26-20(27(18)2)17-23-21(24-19-11-6-5-7-12-19)22-13-10-16-28-14-8-3-4-9-15-28/h19H,3-17H2,1-2H3,(H2,22,23,24). The van der Waals surface area contributed by atoms with Gasteiger partial charge >= 0.3 is 0 Å². The quantitative estimate of drug-likeness (QED) is 0.426. The smallest absolute Gasteiger partial charge is 0.191 e. The third-order valence-corrected chi connectivity index (χ3v) is 6.15. The highest BCUT2D eigenvalue weighted by Crippen LogP contribution is 2.17. The van der Waals surface area contributed by atoms with Gasteiger partial charge in [-0.25, -0.2) is 4.99 Å². The highest BCUT2D eigenvalue weighted by Gasteiger charge is 2.15. The van der Waals surface area contributed by atoms with Gasteiger partial charge in [0.1, 0.15) is 12.4 Å². The average Bonchev–Trinajstić information content (AvgIpc) is 2.90. The zero-order valence-corrected chi connectivity index (χ0v) is 17.9. The molecule has 1 aliphatic heterocycles. The molecular weight excluding hydrogens is 350 g/mol. The van der Waals surface area contributed by atoms with Gasteiger partial charge in [0.15, 0.2) is 11.8 Å². The lowest BCUT2D eigenvalue weighted by Gasteiger charge is -2.25. The molecule has 2 fully saturated rings. The lowest BCUT2D eigenvalue weighted by molar-refractivity contribution is 0.282. The van der Waals surface area contributed by atoms with Gasteiger partial charge in [0.25, 0.3) is 0 Å². The van der Waals surface area contributed by atoms with Gasteiger partial charge in [-0.1, -0.05) is 32.1 Å². The van der Waals surface area contributed by atoms with Crippen molar-refractivity contribution in [2.75, 3.05) is 26.2 Å². The molecule has 3 rings (SSSR count). The highest BCUT2D eigenvalue weighted by atomic mass is 15.3. The lowest BCUT2D eigenvalue weighted by atomic mass is 9.96. The van der Waals surface area contributed by atoms with Gasteiger partial charge < -0.3 is 20.1 Å². The number of aryl methyl sites for hydroxylation is 1. The second kappa shape index (κ2) is 11.4. The van der Waals surface area contributed by atoms with Crippen molar-refractivity contribution >= 4 is 5.96 Å². The Morgan fingerprint density at radius 2 is 1.75 bits per heavy atom. The van der Waals surface area contributed by atoms with Crippen molar-refractivity contribution < 1.29 is 0 Å². The van der Waals surface area contributed by atoms with E-state index in [1.54, 1.807) is 0 Å². The van der Waals surface area contributed by atoms with Crippen molar-refractivity contribution in [1.29, 1.82) is 0 Å². The van der Waals surface area contributed by atoms with E-state index >= 15 is 0 Å². The summed E-state index contributed by atoms with van der Waals surface area (Å²) < 4.78 is 2.01. The van der Waals surface area contributed by atoms with Crippen LogP contribution in [0.25, 0.3) is 0 Å². The van der Waals surface area contributed by atoms with E-state index in [0.29, 0.717) is 12.6 Å². The minimum absolute atomic E-state index is 0.548. The number of nitrogens with one attached hydrogen (secondary N) is 2. The van der Waals surface area contributed by atoms with E-state index in [-0.39, 0.29) is 0 Å². The highest BCUT2D eigenvalue weighted by molar-refractivity contribution is 5.80. The molecule has 1 saturated heterocycles. The Hall–Kier alpha value is -1.63. The van der Waals surface area contributed by atoms with Gasteiger partial charge in [-0.2, -0.15) is 0 Å². The van der Waals surface area contributed by atoms with Crippen molar-refractivity contribution in [3.63, 3.8) is 0 Å². The number of hydrogen-bond acceptors (Lipinski definition) is 4. The zero-order chi connectivity index (χ0) is 19.6. The average molecular weight is 390 g/mol. The Morgan fingerprint density at radius 1 is 1.04 bits per heavy atom. The SMILES string of the molecule is Cc1nnc(CN=C(NCCCN2CCCCCC2)NC2CCCCC2)n1C. The molecule has 7 heteroatoms. The van der Waals surface area contributed by atoms with Gasteiger partial charge in [-0.05, 0) is 58.7 Å². The number of hydrogen-bond donors (Lipinski definition) is 2. The third kappa shape index (κ3) is 6.76. The summed E-state index contributed by atoms with van der Waals surface area (Å²) in [6.07, 6.45) is 13.2. The molecule has 1 aromatic rings. The molecule has 0 radical (unpaired) electrons. The Labute approximate surface area is 170 Å². The number of rotatable bonds is 7. The molecule has 28 heavy (non-hydrogen) atoms. The van der Waals surface area contributed by atoms with Crippen LogP contribution in [0.5, 0.6) is 0 Å². The van der Waals surface area contributed by atoms with Crippen LogP contribution in [0.1, 0.15) is 75.9 Å². The number of aromatic nitrogens is 3. The fraction of sp³-hybridized carbons (Fsp3) is 0.857. The summed E-state index contributed by atoms with van der Waals surface area (Å²) in [7, 11) is 2.00. The van der Waals surface area contributed by atoms with E-state index in [0.717, 1.165) is 30.6 Å². The van der Waals surface area contributed by atoms with Crippen molar-refractivity contribution in [3.8, 4) is 0 Å². The van der Waals surface area contributed by atoms with E-state index in [4.69, 9.17) is 4.99 Å². The van der Waals surface area contributed by atoms with E-state index in [9.17, 15) is 0 Å². The van der Waals surface area contributed by atoms with E-state index in [2.05, 4.69) is 25.7 Å². The molecule has 2 aliphatic rings. The second-order valence-corrected chi connectivity index (χ2v) is 8.40. The number of nitrogens with zero attached hydrogens (tertiary/aromatic N) is 5. The number of likely N-dealkylation sites (tertiary alicyclic amines) is 1. The predicted octanol–water partition coefficient (Wildman–Crippen LogP) is 2.76. The maximum absolute atomic E-state index is 4.82. The minimum atomic E-state index is 0.548. The molecule has 0 atom stereocenters. The summed E-state index contributed by atoms with van der Waals surface area (Å²) in [5.74, 6) is 2.77. The normalized spacial score (nSPS) is 20.1. The fourth-order valence-corrected chi connectivity index (χ4v) is 4.20. The van der Waals surface area contributed by atoms with Crippen LogP contribution in [-0.4, -0.2) is 57.8 Å². The van der Waals surface area contributed by atoms with Crippen LogP contribution < -0.4 is 10.6 Å². The van der Waals surface area contributed by atoms with Crippen molar-refractivity contribution in [2.24, 2.45) is 12.0 Å². The van der Waals surface area contributed by atoms with Gasteiger partial charge in [0.05, 0.1) is 0 Å². The molecular formula is C21H39N7. The van der Waals surface area contributed by atoms with Crippen molar-refractivity contribution in [1.82, 2.24) is 30.3 Å². The van der Waals surface area contributed by atoms with Crippen LogP contribution in [0, 0.1) is 6.92 Å². The summed E-state index contributed by atoms with van der Waals surface area (Å²) in [6, 6.07) is 0.548. The predicted molar refractivity (Wildman–Crippen MR) is 114 cm³/mol. The van der Waals surface area contributed by atoms with Gasteiger partial charge in [-0.3, -0.25) is 0 Å². The zero-order valence-electron chi connectivity index (χ0n) is 17.9. The molecule has 2 N–H and O–H groups in total. The summed E-state index contributed by atoms with van der Waals surface area (Å²) in [5.41, 5.74) is 0. The molecule has 0 spiro atoms. The Morgan fingerprint density at radius 3 is 2.43 bits per heavy atom. The second-order valence-electron chi connectivity index (χ2n) is 8.40. The monoisotopic (exact) mass is 389 g/mol. The fourth-order valence-electron chi connectivity index (χ4n) is 4.20. The van der Waals surface area contributed by atoms with Gasteiger partial charge in [0.2, 0.25) is 0 Å². The van der Waals surface area contributed by atoms with Crippen molar-refractivity contribution in [3.05, 3.63) is 11.6 Å². The molecule has 7 nitrogen and oxygen atoms in total. The van der Waals surface area contributed by atoms with Crippen LogP contribution in [0.3, 0.4) is 0 Å². The molecule has 1 saturated carbocycles. The number of guanidine groups is 1. The largest absolute Gasteiger partial charge is 0.356 e. The molecule has 0 unspecified atom stereocenters. The Balaban J connectivity index is 1.49. The van der Waals surface area contributed by atoms with E-state index in [1.807, 2.05) is 18.5 Å². The molecule has 1 aliphatic carbocycles. The third-order valence-electron chi connectivity index (χ3n) is 6.15. The van der Waals surface area contributed by atoms with Crippen LogP contribution in [-0.2, 0) is 13.6 Å². The van der Waals surface area contributed by atoms with E-state index in [1.165, 1.54) is 77.4 Å². The first kappa shape index (κ1) is 21.1. The lowest BCUT2D eigenvalue weighted by Crippen LogP contribution is -2.45. The number of aliphatic imine (C=N–C) groups is 1. The topological polar surface area (TPSA) is 70.4 Å². The minimum Gasteiger partial charge on any atom is -0.356 e. The summed E-state index contributed by atoms with van der Waals surface area (Å²) in [4.78, 5) is 7.45. The first-order chi connectivity index (χ1) is 13.7. The Kier molecular flexibility index (Phi) is 8.58. The molecule has 0 aromatic carbocycles. The van der Waals surface area contributed by atoms with E-state index < -0.39 is 0 Å². The van der Waals surface area contributed by atoms with Crippen LogP contribution in [0.4, 0.5) is 0 Å². The van der Waals surface area contributed by atoms with Gasteiger partial charge in [-0.15, -0.1) is 10.2 Å². The molecule has 0 bridgehead atoms. The van der Waals surface area contributed by atoms with Crippen molar-refractivity contribution in [2.45, 2.75) is 83.7 Å². The van der Waals surface area contributed by atoms with Crippen LogP contribution in [0.2, 0.25) is 0 Å². The Bertz CT molecular complexity index is 596. The molecule has 158 valence electrons. The first-order valence-electron chi connectivity index (χ1n) is 11.3. The molecule has 2 heterocycles. The first-order valence-corrected chi connectivity index (χ1v) is 11.3. The molecule has 0 amide bonds. The summed E-state index contributed by atoms with van der Waals surface area (Å²) in [6.45, 7) is 7.23. The summed E-state index contributed by atoms with van der Waals surface area (Å²) in [5, 5.41) is 15.6. The van der Waals surface area contributed by atoms with Gasteiger partial charge in [0, 0.05) is 19.6 Å². The molecule has 1 aromatic heterocycles. The maximum atomic E-state index is 4.82. The van der Waals surface area contributed by atoms with Crippen LogP contribution >= 0.6 is 0 Å².